The maximum absolute atomic E-state index is 12.4. The van der Waals surface area contributed by atoms with E-state index in [1.165, 1.54) is 19.3 Å². The lowest BCUT2D eigenvalue weighted by Gasteiger charge is -2.40. The molecular formula is C17H23NO2. The van der Waals surface area contributed by atoms with Crippen LogP contribution in [0.3, 0.4) is 0 Å². The predicted octanol–water partition coefficient (Wildman–Crippen LogP) is 4.12. The summed E-state index contributed by atoms with van der Waals surface area (Å²) < 4.78 is 5.53. The van der Waals surface area contributed by atoms with Gasteiger partial charge in [0.1, 0.15) is 6.61 Å². The van der Waals surface area contributed by atoms with Crippen LogP contribution in [0.4, 0.5) is 4.79 Å². The van der Waals surface area contributed by atoms with Crippen molar-refractivity contribution in [3.8, 4) is 0 Å². The molecule has 0 unspecified atom stereocenters. The summed E-state index contributed by atoms with van der Waals surface area (Å²) in [5, 5.41) is 0. The van der Waals surface area contributed by atoms with Crippen LogP contribution in [-0.2, 0) is 11.3 Å². The number of hydrogen-bond donors (Lipinski definition) is 0. The molecular weight excluding hydrogens is 250 g/mol. The van der Waals surface area contributed by atoms with E-state index in [0.29, 0.717) is 6.61 Å². The number of carbonyl (C=O) groups excluding carboxylic acids is 1. The molecule has 0 radical (unpaired) electrons. The zero-order valence-electron chi connectivity index (χ0n) is 12.0. The highest BCUT2D eigenvalue weighted by Crippen LogP contribution is 2.41. The minimum Gasteiger partial charge on any atom is -0.445 e. The van der Waals surface area contributed by atoms with E-state index in [2.05, 4.69) is 0 Å². The fourth-order valence-electron chi connectivity index (χ4n) is 3.75. The molecule has 0 N–H and O–H groups in total. The number of hydrogen-bond acceptors (Lipinski definition) is 2. The first-order valence-corrected chi connectivity index (χ1v) is 7.79. The van der Waals surface area contributed by atoms with Gasteiger partial charge in [0.2, 0.25) is 0 Å². The molecule has 1 aliphatic heterocycles. The Morgan fingerprint density at radius 1 is 1.05 bits per heavy atom. The summed E-state index contributed by atoms with van der Waals surface area (Å²) >= 11 is 0. The second-order valence-corrected chi connectivity index (χ2v) is 6.08. The number of amides is 1. The highest BCUT2D eigenvalue weighted by molar-refractivity contribution is 5.69. The van der Waals surface area contributed by atoms with Gasteiger partial charge in [-0.1, -0.05) is 49.6 Å². The molecule has 20 heavy (non-hydrogen) atoms. The van der Waals surface area contributed by atoms with Gasteiger partial charge in [-0.15, -0.1) is 0 Å². The van der Waals surface area contributed by atoms with E-state index in [1.807, 2.05) is 35.2 Å². The molecule has 1 aliphatic carbocycles. The summed E-state index contributed by atoms with van der Waals surface area (Å²) in [6, 6.07) is 9.91. The number of carbonyl (C=O) groups is 1. The van der Waals surface area contributed by atoms with Crippen LogP contribution < -0.4 is 0 Å². The molecule has 108 valence electrons. The number of benzene rings is 1. The molecule has 0 bridgehead atoms. The molecule has 3 nitrogen and oxygen atoms in total. The highest BCUT2D eigenvalue weighted by atomic mass is 16.6. The molecule has 2 fully saturated rings. The molecule has 0 atom stereocenters. The largest absolute Gasteiger partial charge is 0.445 e. The van der Waals surface area contributed by atoms with E-state index in [4.69, 9.17) is 4.74 Å². The first-order chi connectivity index (χ1) is 9.80. The topological polar surface area (TPSA) is 29.5 Å². The summed E-state index contributed by atoms with van der Waals surface area (Å²) in [7, 11) is 0. The Balaban J connectivity index is 1.61. The van der Waals surface area contributed by atoms with Gasteiger partial charge in [-0.3, -0.25) is 0 Å². The zero-order valence-corrected chi connectivity index (χ0v) is 12.0. The quantitative estimate of drug-likeness (QED) is 0.811. The van der Waals surface area contributed by atoms with E-state index in [1.54, 1.807) is 0 Å². The van der Waals surface area contributed by atoms with Crippen molar-refractivity contribution in [3.05, 3.63) is 35.9 Å². The first-order valence-electron chi connectivity index (χ1n) is 7.79. The van der Waals surface area contributed by atoms with Gasteiger partial charge in [0.05, 0.1) is 0 Å². The number of nitrogens with zero attached hydrogens (tertiary/aromatic N) is 1. The second kappa shape index (κ2) is 5.86. The fourth-order valence-corrected chi connectivity index (χ4v) is 3.75. The molecule has 1 saturated carbocycles. The van der Waals surface area contributed by atoms with Crippen LogP contribution in [0.5, 0.6) is 0 Å². The summed E-state index contributed by atoms with van der Waals surface area (Å²) in [5.74, 6) is 0. The van der Waals surface area contributed by atoms with Crippen molar-refractivity contribution >= 4 is 6.09 Å². The molecule has 1 amide bonds. The van der Waals surface area contributed by atoms with E-state index in [9.17, 15) is 4.79 Å². The Bertz CT molecular complexity index is 451. The Morgan fingerprint density at radius 2 is 1.75 bits per heavy atom. The van der Waals surface area contributed by atoms with Gasteiger partial charge in [0.15, 0.2) is 0 Å². The third-order valence-electron chi connectivity index (χ3n) is 4.81. The van der Waals surface area contributed by atoms with Gasteiger partial charge in [0, 0.05) is 12.1 Å². The lowest BCUT2D eigenvalue weighted by Crippen LogP contribution is -2.48. The zero-order chi connectivity index (χ0) is 13.8. The van der Waals surface area contributed by atoms with Gasteiger partial charge < -0.3 is 9.64 Å². The molecule has 1 spiro atoms. The van der Waals surface area contributed by atoms with E-state index in [-0.39, 0.29) is 11.6 Å². The van der Waals surface area contributed by atoms with Crippen molar-refractivity contribution in [2.45, 2.75) is 57.1 Å². The Labute approximate surface area is 120 Å². The standard InChI is InChI=1S/C17H23NO2/c19-16(20-14-15-8-3-1-4-9-15)18-13-7-12-17(18)10-5-2-6-11-17/h1,3-4,8-9H,2,5-7,10-14H2. The predicted molar refractivity (Wildman–Crippen MR) is 78.4 cm³/mol. The van der Waals surface area contributed by atoms with Gasteiger partial charge in [0.25, 0.3) is 0 Å². The maximum Gasteiger partial charge on any atom is 0.410 e. The second-order valence-electron chi connectivity index (χ2n) is 6.08. The summed E-state index contributed by atoms with van der Waals surface area (Å²) in [6.07, 6.45) is 8.31. The van der Waals surface area contributed by atoms with Gasteiger partial charge in [-0.25, -0.2) is 4.79 Å². The number of rotatable bonds is 2. The lowest BCUT2D eigenvalue weighted by atomic mass is 9.80. The highest BCUT2D eigenvalue weighted by Gasteiger charge is 2.44. The van der Waals surface area contributed by atoms with Crippen molar-refractivity contribution in [1.29, 1.82) is 0 Å². The van der Waals surface area contributed by atoms with Gasteiger partial charge >= 0.3 is 6.09 Å². The van der Waals surface area contributed by atoms with Gasteiger partial charge in [-0.05, 0) is 31.2 Å². The molecule has 1 saturated heterocycles. The molecule has 1 heterocycles. The molecule has 0 aromatic heterocycles. The maximum atomic E-state index is 12.4. The average Bonchev–Trinajstić information content (AvgIpc) is 2.90. The molecule has 1 aromatic carbocycles. The van der Waals surface area contributed by atoms with Crippen molar-refractivity contribution in [3.63, 3.8) is 0 Å². The third-order valence-corrected chi connectivity index (χ3v) is 4.81. The van der Waals surface area contributed by atoms with E-state index in [0.717, 1.165) is 37.8 Å². The Hall–Kier alpha value is -1.51. The minimum absolute atomic E-state index is 0.117. The molecule has 2 aliphatic rings. The SMILES string of the molecule is O=C(OCc1ccccc1)N1CCCC12CCCCC2. The normalized spacial score (nSPS) is 21.1. The Kier molecular flexibility index (Phi) is 3.95. The van der Waals surface area contributed by atoms with Crippen LogP contribution in [0, 0.1) is 0 Å². The average molecular weight is 273 g/mol. The lowest BCUT2D eigenvalue weighted by molar-refractivity contribution is 0.0493. The third kappa shape index (κ3) is 2.67. The van der Waals surface area contributed by atoms with Gasteiger partial charge in [-0.2, -0.15) is 0 Å². The van der Waals surface area contributed by atoms with Crippen LogP contribution in [-0.4, -0.2) is 23.1 Å². The van der Waals surface area contributed by atoms with Crippen LogP contribution in [0.2, 0.25) is 0 Å². The molecule has 3 rings (SSSR count). The monoisotopic (exact) mass is 273 g/mol. The molecule has 1 aromatic rings. The first kappa shape index (κ1) is 13.5. The van der Waals surface area contributed by atoms with Crippen LogP contribution in [0.15, 0.2) is 30.3 Å². The summed E-state index contributed by atoms with van der Waals surface area (Å²) in [6.45, 7) is 1.25. The van der Waals surface area contributed by atoms with E-state index < -0.39 is 0 Å². The minimum atomic E-state index is -0.117. The number of ether oxygens (including phenoxy) is 1. The fraction of sp³-hybridized carbons (Fsp3) is 0.588. The number of likely N-dealkylation sites (tertiary alicyclic amines) is 1. The van der Waals surface area contributed by atoms with Crippen LogP contribution >= 0.6 is 0 Å². The summed E-state index contributed by atoms with van der Waals surface area (Å²) in [5.41, 5.74) is 1.17. The van der Waals surface area contributed by atoms with E-state index >= 15 is 0 Å². The Morgan fingerprint density at radius 3 is 2.50 bits per heavy atom. The van der Waals surface area contributed by atoms with Crippen molar-refractivity contribution in [1.82, 2.24) is 4.90 Å². The van der Waals surface area contributed by atoms with Crippen molar-refractivity contribution < 1.29 is 9.53 Å². The van der Waals surface area contributed by atoms with Crippen molar-refractivity contribution in [2.75, 3.05) is 6.54 Å². The van der Waals surface area contributed by atoms with Crippen LogP contribution in [0.1, 0.15) is 50.5 Å². The van der Waals surface area contributed by atoms with Crippen molar-refractivity contribution in [2.24, 2.45) is 0 Å². The summed E-state index contributed by atoms with van der Waals surface area (Å²) in [4.78, 5) is 14.4. The molecule has 3 heteroatoms. The van der Waals surface area contributed by atoms with Crippen LogP contribution in [0.25, 0.3) is 0 Å². The smallest absolute Gasteiger partial charge is 0.410 e.